The Kier molecular flexibility index (Phi) is 7.45. The van der Waals surface area contributed by atoms with Crippen molar-refractivity contribution in [3.63, 3.8) is 0 Å². The molecule has 0 aromatic carbocycles. The van der Waals surface area contributed by atoms with E-state index >= 15 is 0 Å². The van der Waals surface area contributed by atoms with Gasteiger partial charge in [0, 0.05) is 27.2 Å². The third-order valence-electron chi connectivity index (χ3n) is 3.27. The Labute approximate surface area is 119 Å². The van der Waals surface area contributed by atoms with Crippen molar-refractivity contribution in [2.24, 2.45) is 0 Å². The molecule has 1 atom stereocenters. The molecule has 0 aliphatic rings. The Morgan fingerprint density at radius 3 is 2.68 bits per heavy atom. The number of ether oxygens (including phenoxy) is 2. The minimum absolute atomic E-state index is 0.299. The van der Waals surface area contributed by atoms with Crippen molar-refractivity contribution in [2.75, 3.05) is 33.9 Å². The molecule has 1 rings (SSSR count). The maximum absolute atomic E-state index is 5.54. The average Bonchev–Trinajstić information content (AvgIpc) is 2.91. The number of hydrogen-bond donors (Lipinski definition) is 1. The summed E-state index contributed by atoms with van der Waals surface area (Å²) >= 11 is 1.66. The van der Waals surface area contributed by atoms with Crippen LogP contribution < -0.4 is 5.32 Å². The molecule has 1 aromatic heterocycles. The van der Waals surface area contributed by atoms with Crippen LogP contribution >= 0.6 is 11.3 Å². The quantitative estimate of drug-likeness (QED) is 0.667. The number of rotatable bonds is 10. The first-order valence-electron chi connectivity index (χ1n) is 6.74. The van der Waals surface area contributed by atoms with Crippen molar-refractivity contribution in [1.29, 1.82) is 0 Å². The van der Waals surface area contributed by atoms with Gasteiger partial charge in [0.05, 0.1) is 6.61 Å². The molecule has 0 saturated heterocycles. The van der Waals surface area contributed by atoms with Crippen LogP contribution in [0.1, 0.15) is 36.7 Å². The molecule has 0 fully saturated rings. The smallest absolute Gasteiger partial charge is 0.149 e. The second kappa shape index (κ2) is 8.58. The van der Waals surface area contributed by atoms with Gasteiger partial charge in [0.15, 0.2) is 0 Å². The fraction of sp³-hybridized carbons (Fsp3) is 0.846. The zero-order valence-electron chi connectivity index (χ0n) is 12.4. The summed E-state index contributed by atoms with van der Waals surface area (Å²) in [6, 6.07) is 0. The molecule has 0 spiro atoms. The highest BCUT2D eigenvalue weighted by Gasteiger charge is 2.28. The molecule has 0 aliphatic carbocycles. The van der Waals surface area contributed by atoms with Crippen LogP contribution in [0, 0.1) is 0 Å². The first-order chi connectivity index (χ1) is 9.16. The van der Waals surface area contributed by atoms with Gasteiger partial charge in [-0.05, 0) is 26.3 Å². The highest BCUT2D eigenvalue weighted by Crippen LogP contribution is 2.30. The summed E-state index contributed by atoms with van der Waals surface area (Å²) in [6.07, 6.45) is 2.92. The SMILES string of the molecule is CCC(C)(OC)c1nnc(CCCNCCOC)s1. The second-order valence-corrected chi connectivity index (χ2v) is 5.70. The summed E-state index contributed by atoms with van der Waals surface area (Å²) in [6.45, 7) is 6.79. The molecule has 1 N–H and O–H groups in total. The lowest BCUT2D eigenvalue weighted by Crippen LogP contribution is -2.22. The van der Waals surface area contributed by atoms with Gasteiger partial charge in [0.25, 0.3) is 0 Å². The van der Waals surface area contributed by atoms with Gasteiger partial charge in [-0.25, -0.2) is 0 Å². The number of hydrogen-bond acceptors (Lipinski definition) is 6. The summed E-state index contributed by atoms with van der Waals surface area (Å²) in [7, 11) is 3.44. The Hall–Kier alpha value is -0.560. The van der Waals surface area contributed by atoms with Crippen LogP contribution in [0.25, 0.3) is 0 Å². The molecule has 1 heterocycles. The maximum atomic E-state index is 5.54. The predicted molar refractivity (Wildman–Crippen MR) is 77.6 cm³/mol. The second-order valence-electron chi connectivity index (χ2n) is 4.64. The van der Waals surface area contributed by atoms with Crippen LogP contribution in [0.4, 0.5) is 0 Å². The third-order valence-corrected chi connectivity index (χ3v) is 4.50. The van der Waals surface area contributed by atoms with Gasteiger partial charge in [-0.2, -0.15) is 0 Å². The standard InChI is InChI=1S/C13H25N3O2S/c1-5-13(2,18-4)12-16-15-11(19-12)7-6-8-14-9-10-17-3/h14H,5-10H2,1-4H3. The average molecular weight is 287 g/mol. The topological polar surface area (TPSA) is 56.3 Å². The van der Waals surface area contributed by atoms with Gasteiger partial charge >= 0.3 is 0 Å². The van der Waals surface area contributed by atoms with Gasteiger partial charge in [-0.1, -0.05) is 18.3 Å². The van der Waals surface area contributed by atoms with E-state index in [0.717, 1.165) is 49.0 Å². The van der Waals surface area contributed by atoms with E-state index in [0.29, 0.717) is 0 Å². The number of aromatic nitrogens is 2. The molecule has 0 saturated carbocycles. The molecule has 0 aliphatic heterocycles. The van der Waals surface area contributed by atoms with E-state index in [4.69, 9.17) is 9.47 Å². The first-order valence-corrected chi connectivity index (χ1v) is 7.55. The summed E-state index contributed by atoms with van der Waals surface area (Å²) in [5.41, 5.74) is -0.299. The van der Waals surface area contributed by atoms with Crippen LogP contribution in [0.2, 0.25) is 0 Å². The number of nitrogens with zero attached hydrogens (tertiary/aromatic N) is 2. The lowest BCUT2D eigenvalue weighted by Gasteiger charge is -2.22. The van der Waals surface area contributed by atoms with Gasteiger partial charge < -0.3 is 14.8 Å². The van der Waals surface area contributed by atoms with Crippen molar-refractivity contribution in [1.82, 2.24) is 15.5 Å². The van der Waals surface area contributed by atoms with Crippen LogP contribution in [0.15, 0.2) is 0 Å². The predicted octanol–water partition coefficient (Wildman–Crippen LogP) is 1.98. The maximum Gasteiger partial charge on any atom is 0.149 e. The Balaban J connectivity index is 2.35. The normalized spacial score (nSPS) is 14.5. The van der Waals surface area contributed by atoms with E-state index in [1.165, 1.54) is 0 Å². The molecule has 1 aromatic rings. The monoisotopic (exact) mass is 287 g/mol. The first kappa shape index (κ1) is 16.5. The fourth-order valence-corrected chi connectivity index (χ4v) is 2.69. The van der Waals surface area contributed by atoms with E-state index in [1.54, 1.807) is 25.6 Å². The Morgan fingerprint density at radius 1 is 1.26 bits per heavy atom. The molecule has 0 radical (unpaired) electrons. The van der Waals surface area contributed by atoms with Gasteiger partial charge in [-0.3, -0.25) is 0 Å². The van der Waals surface area contributed by atoms with Gasteiger partial charge in [0.2, 0.25) is 0 Å². The van der Waals surface area contributed by atoms with Crippen LogP contribution in [-0.2, 0) is 21.5 Å². The largest absolute Gasteiger partial charge is 0.383 e. The molecule has 1 unspecified atom stereocenters. The minimum atomic E-state index is -0.299. The van der Waals surface area contributed by atoms with Crippen molar-refractivity contribution in [2.45, 2.75) is 38.7 Å². The van der Waals surface area contributed by atoms with Crippen molar-refractivity contribution in [3.8, 4) is 0 Å². The summed E-state index contributed by atoms with van der Waals surface area (Å²) in [4.78, 5) is 0. The minimum Gasteiger partial charge on any atom is -0.383 e. The Morgan fingerprint density at radius 2 is 2.05 bits per heavy atom. The molecule has 5 nitrogen and oxygen atoms in total. The number of aryl methyl sites for hydroxylation is 1. The van der Waals surface area contributed by atoms with E-state index in [9.17, 15) is 0 Å². The van der Waals surface area contributed by atoms with Crippen molar-refractivity contribution < 1.29 is 9.47 Å². The zero-order valence-corrected chi connectivity index (χ0v) is 13.2. The third kappa shape index (κ3) is 5.14. The highest BCUT2D eigenvalue weighted by atomic mass is 32.1. The molecule has 0 amide bonds. The molecular weight excluding hydrogens is 262 g/mol. The van der Waals surface area contributed by atoms with E-state index in [-0.39, 0.29) is 5.60 Å². The Bertz CT molecular complexity index is 353. The summed E-state index contributed by atoms with van der Waals surface area (Å²) in [5, 5.41) is 13.9. The van der Waals surface area contributed by atoms with Crippen LogP contribution in [-0.4, -0.2) is 44.1 Å². The lowest BCUT2D eigenvalue weighted by atomic mass is 10.1. The number of methoxy groups -OCH3 is 2. The van der Waals surface area contributed by atoms with E-state index in [1.807, 2.05) is 0 Å². The lowest BCUT2D eigenvalue weighted by molar-refractivity contribution is -0.00207. The van der Waals surface area contributed by atoms with E-state index in [2.05, 4.69) is 29.4 Å². The molecule has 0 bridgehead atoms. The summed E-state index contributed by atoms with van der Waals surface area (Å²) in [5.74, 6) is 0. The molecule has 6 heteroatoms. The highest BCUT2D eigenvalue weighted by molar-refractivity contribution is 7.11. The van der Waals surface area contributed by atoms with Gasteiger partial charge in [-0.15, -0.1) is 10.2 Å². The van der Waals surface area contributed by atoms with Crippen molar-refractivity contribution >= 4 is 11.3 Å². The zero-order chi connectivity index (χ0) is 14.1. The van der Waals surface area contributed by atoms with Crippen LogP contribution in [0.5, 0.6) is 0 Å². The fourth-order valence-electron chi connectivity index (χ4n) is 1.62. The van der Waals surface area contributed by atoms with Crippen molar-refractivity contribution in [3.05, 3.63) is 10.0 Å². The molecular formula is C13H25N3O2S. The van der Waals surface area contributed by atoms with Crippen LogP contribution in [0.3, 0.4) is 0 Å². The van der Waals surface area contributed by atoms with Gasteiger partial charge in [0.1, 0.15) is 15.6 Å². The molecule has 19 heavy (non-hydrogen) atoms. The molecule has 110 valence electrons. The number of nitrogens with one attached hydrogen (secondary N) is 1. The summed E-state index contributed by atoms with van der Waals surface area (Å²) < 4.78 is 10.5. The van der Waals surface area contributed by atoms with E-state index < -0.39 is 0 Å².